The van der Waals surface area contributed by atoms with Gasteiger partial charge in [0, 0.05) is 5.41 Å². The molecule has 20 heavy (non-hydrogen) atoms. The fourth-order valence-electron chi connectivity index (χ4n) is 7.18. The Morgan fingerprint density at radius 3 is 2.60 bits per heavy atom. The third kappa shape index (κ3) is 1.64. The van der Waals surface area contributed by atoms with E-state index in [0.29, 0.717) is 5.41 Å². The summed E-state index contributed by atoms with van der Waals surface area (Å²) in [6, 6.07) is 0. The molecule has 0 heterocycles. The number of carbonyl (C=O) groups excluding carboxylic acids is 1. The van der Waals surface area contributed by atoms with Crippen LogP contribution < -0.4 is 0 Å². The first-order valence-electron chi connectivity index (χ1n) is 9.16. The molecule has 4 rings (SSSR count). The van der Waals surface area contributed by atoms with Gasteiger partial charge in [-0.15, -0.1) is 0 Å². The summed E-state index contributed by atoms with van der Waals surface area (Å²) >= 11 is 0. The van der Waals surface area contributed by atoms with Crippen molar-refractivity contribution >= 4 is 6.29 Å². The van der Waals surface area contributed by atoms with E-state index in [4.69, 9.17) is 0 Å². The standard InChI is InChI=1S/C19H30O/c1-18-10-4-6-16(18)15-8-7-14-5-2-3-11-19(14,13-20)17(15)9-12-18/h13-17H,2-12H2,1H3/t14?,15-,16-,17+,18-,19+/m0/s1. The van der Waals surface area contributed by atoms with E-state index < -0.39 is 0 Å². The lowest BCUT2D eigenvalue weighted by Gasteiger charge is -2.59. The second-order valence-corrected chi connectivity index (χ2v) is 8.71. The van der Waals surface area contributed by atoms with Crippen LogP contribution in [0.2, 0.25) is 0 Å². The third-order valence-electron chi connectivity index (χ3n) is 8.15. The molecule has 1 heteroatoms. The smallest absolute Gasteiger partial charge is 0.126 e. The highest BCUT2D eigenvalue weighted by Gasteiger charge is 2.58. The van der Waals surface area contributed by atoms with Crippen LogP contribution in [0.4, 0.5) is 0 Å². The summed E-state index contributed by atoms with van der Waals surface area (Å²) in [7, 11) is 0. The molecule has 1 nitrogen and oxygen atoms in total. The summed E-state index contributed by atoms with van der Waals surface area (Å²) in [6.07, 6.45) is 16.6. The molecule has 0 aromatic heterocycles. The van der Waals surface area contributed by atoms with Crippen molar-refractivity contribution in [1.29, 1.82) is 0 Å². The summed E-state index contributed by atoms with van der Waals surface area (Å²) in [5.74, 6) is 3.31. The van der Waals surface area contributed by atoms with Crippen molar-refractivity contribution in [3.8, 4) is 0 Å². The van der Waals surface area contributed by atoms with Crippen molar-refractivity contribution in [3.63, 3.8) is 0 Å². The second-order valence-electron chi connectivity index (χ2n) is 8.71. The van der Waals surface area contributed by atoms with Crippen LogP contribution in [-0.2, 0) is 4.79 Å². The molecule has 112 valence electrons. The number of aldehydes is 1. The fraction of sp³-hybridized carbons (Fsp3) is 0.947. The van der Waals surface area contributed by atoms with Crippen molar-refractivity contribution in [2.24, 2.45) is 34.5 Å². The third-order valence-corrected chi connectivity index (χ3v) is 8.15. The van der Waals surface area contributed by atoms with Gasteiger partial charge in [-0.2, -0.15) is 0 Å². The Morgan fingerprint density at radius 1 is 0.850 bits per heavy atom. The number of hydrogen-bond donors (Lipinski definition) is 0. The average Bonchev–Trinajstić information content (AvgIpc) is 2.88. The lowest BCUT2D eigenvalue weighted by molar-refractivity contribution is -0.145. The summed E-state index contributed by atoms with van der Waals surface area (Å²) < 4.78 is 0. The van der Waals surface area contributed by atoms with Crippen LogP contribution in [0.15, 0.2) is 0 Å². The number of hydrogen-bond acceptors (Lipinski definition) is 1. The van der Waals surface area contributed by atoms with Gasteiger partial charge in [-0.25, -0.2) is 0 Å². The van der Waals surface area contributed by atoms with Crippen molar-refractivity contribution in [2.75, 3.05) is 0 Å². The van der Waals surface area contributed by atoms with Crippen LogP contribution in [-0.4, -0.2) is 6.29 Å². The minimum atomic E-state index is 0.102. The molecule has 0 N–H and O–H groups in total. The van der Waals surface area contributed by atoms with Gasteiger partial charge in [0.25, 0.3) is 0 Å². The lowest BCUT2D eigenvalue weighted by Crippen LogP contribution is -2.53. The molecule has 0 amide bonds. The molecule has 0 radical (unpaired) electrons. The van der Waals surface area contributed by atoms with Gasteiger partial charge in [0.05, 0.1) is 0 Å². The average molecular weight is 274 g/mol. The van der Waals surface area contributed by atoms with Crippen LogP contribution in [0.5, 0.6) is 0 Å². The second kappa shape index (κ2) is 4.58. The maximum absolute atomic E-state index is 12.1. The first kappa shape index (κ1) is 13.3. The van der Waals surface area contributed by atoms with Gasteiger partial charge in [0.15, 0.2) is 0 Å². The summed E-state index contributed by atoms with van der Waals surface area (Å²) in [6.45, 7) is 2.56. The van der Waals surface area contributed by atoms with E-state index in [-0.39, 0.29) is 5.41 Å². The first-order chi connectivity index (χ1) is 9.70. The minimum absolute atomic E-state index is 0.102. The molecule has 1 unspecified atom stereocenters. The van der Waals surface area contributed by atoms with E-state index in [1.54, 1.807) is 0 Å². The van der Waals surface area contributed by atoms with Crippen LogP contribution in [0, 0.1) is 34.5 Å². The van der Waals surface area contributed by atoms with Gasteiger partial charge in [-0.05, 0) is 80.5 Å². The fourth-order valence-corrected chi connectivity index (χ4v) is 7.18. The van der Waals surface area contributed by atoms with E-state index in [0.717, 1.165) is 23.7 Å². The van der Waals surface area contributed by atoms with Crippen molar-refractivity contribution in [2.45, 2.75) is 77.6 Å². The lowest BCUT2D eigenvalue weighted by atomic mass is 9.45. The van der Waals surface area contributed by atoms with Gasteiger partial charge in [-0.1, -0.05) is 26.2 Å². The molecular weight excluding hydrogens is 244 g/mol. The van der Waals surface area contributed by atoms with E-state index >= 15 is 0 Å². The minimum Gasteiger partial charge on any atom is -0.303 e. The highest BCUT2D eigenvalue weighted by molar-refractivity contribution is 5.61. The SMILES string of the molecule is C[C@@]12CCC[C@H]1[C@@H]1CCC3CCCC[C@]3(C=O)[C@@H]1CC2. The molecule has 6 atom stereocenters. The van der Waals surface area contributed by atoms with Crippen LogP contribution in [0.1, 0.15) is 77.6 Å². The van der Waals surface area contributed by atoms with E-state index in [9.17, 15) is 4.79 Å². The molecule has 4 saturated carbocycles. The summed E-state index contributed by atoms with van der Waals surface area (Å²) in [4.78, 5) is 12.1. The molecule has 0 aromatic carbocycles. The Labute approximate surface area is 123 Å². The molecule has 0 saturated heterocycles. The Bertz CT molecular complexity index is 403. The number of carbonyl (C=O) groups is 1. The Kier molecular flexibility index (Phi) is 3.06. The normalized spacial score (nSPS) is 54.6. The van der Waals surface area contributed by atoms with Crippen molar-refractivity contribution in [1.82, 2.24) is 0 Å². The van der Waals surface area contributed by atoms with Gasteiger partial charge >= 0.3 is 0 Å². The first-order valence-corrected chi connectivity index (χ1v) is 9.16. The maximum Gasteiger partial charge on any atom is 0.126 e. The quantitative estimate of drug-likeness (QED) is 0.616. The van der Waals surface area contributed by atoms with E-state index in [1.165, 1.54) is 76.9 Å². The monoisotopic (exact) mass is 274 g/mol. The topological polar surface area (TPSA) is 17.1 Å². The van der Waals surface area contributed by atoms with Crippen LogP contribution >= 0.6 is 0 Å². The zero-order chi connectivity index (χ0) is 13.8. The molecule has 4 aliphatic carbocycles. The number of rotatable bonds is 1. The van der Waals surface area contributed by atoms with Crippen molar-refractivity contribution < 1.29 is 4.79 Å². The molecule has 0 spiro atoms. The molecular formula is C19H30O. The molecule has 4 fully saturated rings. The summed E-state index contributed by atoms with van der Waals surface area (Å²) in [5, 5.41) is 0. The zero-order valence-electron chi connectivity index (χ0n) is 13.1. The van der Waals surface area contributed by atoms with Crippen LogP contribution in [0.25, 0.3) is 0 Å². The Balaban J connectivity index is 1.68. The van der Waals surface area contributed by atoms with Crippen molar-refractivity contribution in [3.05, 3.63) is 0 Å². The predicted molar refractivity (Wildman–Crippen MR) is 81.4 cm³/mol. The summed E-state index contributed by atoms with van der Waals surface area (Å²) in [5.41, 5.74) is 0.734. The molecule has 0 aromatic rings. The Hall–Kier alpha value is -0.330. The predicted octanol–water partition coefficient (Wildman–Crippen LogP) is 4.99. The Morgan fingerprint density at radius 2 is 1.75 bits per heavy atom. The molecule has 0 aliphatic heterocycles. The largest absolute Gasteiger partial charge is 0.303 e. The van der Waals surface area contributed by atoms with E-state index in [2.05, 4.69) is 6.92 Å². The van der Waals surface area contributed by atoms with Gasteiger partial charge in [0.1, 0.15) is 6.29 Å². The van der Waals surface area contributed by atoms with Crippen LogP contribution in [0.3, 0.4) is 0 Å². The van der Waals surface area contributed by atoms with E-state index in [1.807, 2.05) is 0 Å². The molecule has 4 aliphatic rings. The van der Waals surface area contributed by atoms with Gasteiger partial charge < -0.3 is 4.79 Å². The zero-order valence-corrected chi connectivity index (χ0v) is 13.1. The molecule has 0 bridgehead atoms. The maximum atomic E-state index is 12.1. The highest BCUT2D eigenvalue weighted by atomic mass is 16.1. The van der Waals surface area contributed by atoms with Gasteiger partial charge in [-0.3, -0.25) is 0 Å². The highest BCUT2D eigenvalue weighted by Crippen LogP contribution is 2.65. The van der Waals surface area contributed by atoms with Gasteiger partial charge in [0.2, 0.25) is 0 Å². The number of fused-ring (bicyclic) bond motifs is 5.